The van der Waals surface area contributed by atoms with Crippen LogP contribution in [0.1, 0.15) is 19.4 Å². The van der Waals surface area contributed by atoms with Gasteiger partial charge in [-0.3, -0.25) is 4.79 Å². The van der Waals surface area contributed by atoms with E-state index in [4.69, 9.17) is 5.26 Å². The van der Waals surface area contributed by atoms with E-state index in [1.807, 2.05) is 30.3 Å². The highest BCUT2D eigenvalue weighted by molar-refractivity contribution is 5.74. The van der Waals surface area contributed by atoms with E-state index in [1.54, 1.807) is 6.92 Å². The average Bonchev–Trinajstić information content (AvgIpc) is 2.18. The van der Waals surface area contributed by atoms with E-state index in [9.17, 15) is 4.79 Å². The van der Waals surface area contributed by atoms with Crippen molar-refractivity contribution in [1.29, 1.82) is 5.26 Å². The average molecular weight is 202 g/mol. The van der Waals surface area contributed by atoms with Gasteiger partial charge in [0, 0.05) is 13.3 Å². The first-order valence-electron chi connectivity index (χ1n) is 4.80. The quantitative estimate of drug-likeness (QED) is 0.810. The predicted molar refractivity (Wildman–Crippen MR) is 58.0 cm³/mol. The van der Waals surface area contributed by atoms with Crippen LogP contribution in [0, 0.1) is 11.3 Å². The van der Waals surface area contributed by atoms with E-state index in [2.05, 4.69) is 11.4 Å². The van der Waals surface area contributed by atoms with Crippen LogP contribution in [-0.4, -0.2) is 11.4 Å². The van der Waals surface area contributed by atoms with Crippen molar-refractivity contribution in [2.75, 3.05) is 0 Å². The highest BCUT2D eigenvalue weighted by Gasteiger charge is 2.24. The van der Waals surface area contributed by atoms with E-state index >= 15 is 0 Å². The van der Waals surface area contributed by atoms with Gasteiger partial charge in [0.2, 0.25) is 5.91 Å². The number of carbonyl (C=O) groups excluding carboxylic acids is 1. The van der Waals surface area contributed by atoms with Crippen molar-refractivity contribution in [3.8, 4) is 6.07 Å². The highest BCUT2D eigenvalue weighted by Crippen LogP contribution is 2.12. The second kappa shape index (κ2) is 4.61. The number of nitrogens with zero attached hydrogens (tertiary/aromatic N) is 1. The predicted octanol–water partition coefficient (Wildman–Crippen LogP) is 1.65. The third-order valence-corrected chi connectivity index (χ3v) is 2.10. The minimum absolute atomic E-state index is 0.185. The molecular formula is C12H14N2O. The summed E-state index contributed by atoms with van der Waals surface area (Å²) < 4.78 is 0. The molecule has 1 rings (SSSR count). The van der Waals surface area contributed by atoms with Crippen LogP contribution in [0.4, 0.5) is 0 Å². The monoisotopic (exact) mass is 202 g/mol. The van der Waals surface area contributed by atoms with Crippen LogP contribution in [0.25, 0.3) is 0 Å². The molecule has 0 radical (unpaired) electrons. The van der Waals surface area contributed by atoms with Crippen molar-refractivity contribution >= 4 is 5.91 Å². The molecule has 3 nitrogen and oxygen atoms in total. The molecule has 0 bridgehead atoms. The molecule has 0 spiro atoms. The van der Waals surface area contributed by atoms with Crippen LogP contribution in [0.3, 0.4) is 0 Å². The van der Waals surface area contributed by atoms with Gasteiger partial charge in [-0.2, -0.15) is 5.26 Å². The maximum absolute atomic E-state index is 10.9. The molecule has 1 atom stereocenters. The molecule has 0 heterocycles. The summed E-state index contributed by atoms with van der Waals surface area (Å²) in [5, 5.41) is 11.7. The zero-order valence-electron chi connectivity index (χ0n) is 8.95. The van der Waals surface area contributed by atoms with Crippen LogP contribution in [0.5, 0.6) is 0 Å². The zero-order chi connectivity index (χ0) is 11.3. The standard InChI is InChI=1S/C12H14N2O/c1-10(15)14-12(2,9-13)8-11-6-4-3-5-7-11/h3-7H,8H2,1-2H3,(H,14,15)/t12-/m1/s1. The van der Waals surface area contributed by atoms with E-state index in [1.165, 1.54) is 6.92 Å². The summed E-state index contributed by atoms with van der Waals surface area (Å²) in [6.07, 6.45) is 0.518. The molecule has 78 valence electrons. The Morgan fingerprint density at radius 2 is 2.07 bits per heavy atom. The molecular weight excluding hydrogens is 188 g/mol. The van der Waals surface area contributed by atoms with Crippen LogP contribution in [0.15, 0.2) is 30.3 Å². The minimum atomic E-state index is -0.826. The molecule has 3 heteroatoms. The maximum Gasteiger partial charge on any atom is 0.218 e. The number of rotatable bonds is 3. The highest BCUT2D eigenvalue weighted by atomic mass is 16.1. The number of hydrogen-bond acceptors (Lipinski definition) is 2. The number of benzene rings is 1. The van der Waals surface area contributed by atoms with Gasteiger partial charge < -0.3 is 5.32 Å². The number of amides is 1. The molecule has 0 aliphatic heterocycles. The topological polar surface area (TPSA) is 52.9 Å². The number of carbonyl (C=O) groups is 1. The summed E-state index contributed by atoms with van der Waals surface area (Å²) in [5.41, 5.74) is 0.211. The molecule has 1 aromatic carbocycles. The first-order chi connectivity index (χ1) is 7.06. The van der Waals surface area contributed by atoms with Crippen molar-refractivity contribution in [2.45, 2.75) is 25.8 Å². The van der Waals surface area contributed by atoms with Crippen molar-refractivity contribution in [1.82, 2.24) is 5.32 Å². The van der Waals surface area contributed by atoms with Crippen molar-refractivity contribution in [3.63, 3.8) is 0 Å². The molecule has 15 heavy (non-hydrogen) atoms. The van der Waals surface area contributed by atoms with Gasteiger partial charge in [0.1, 0.15) is 5.54 Å². The fourth-order valence-corrected chi connectivity index (χ4v) is 1.50. The zero-order valence-corrected chi connectivity index (χ0v) is 8.95. The molecule has 0 aromatic heterocycles. The van der Waals surface area contributed by atoms with Crippen LogP contribution in [-0.2, 0) is 11.2 Å². The lowest BCUT2D eigenvalue weighted by Gasteiger charge is -2.22. The maximum atomic E-state index is 10.9. The lowest BCUT2D eigenvalue weighted by atomic mass is 9.94. The van der Waals surface area contributed by atoms with Crippen LogP contribution < -0.4 is 5.32 Å². The Labute approximate surface area is 89.7 Å². The Balaban J connectivity index is 2.78. The summed E-state index contributed by atoms with van der Waals surface area (Å²) in [6.45, 7) is 3.14. The number of hydrogen-bond donors (Lipinski definition) is 1. The molecule has 0 fully saturated rings. The van der Waals surface area contributed by atoms with Gasteiger partial charge in [-0.1, -0.05) is 30.3 Å². The second-order valence-electron chi connectivity index (χ2n) is 3.79. The Morgan fingerprint density at radius 1 is 1.47 bits per heavy atom. The molecule has 1 aromatic rings. The Bertz CT molecular complexity index is 380. The summed E-state index contributed by atoms with van der Waals surface area (Å²) in [6, 6.07) is 11.8. The summed E-state index contributed by atoms with van der Waals surface area (Å²) in [7, 11) is 0. The molecule has 0 aliphatic rings. The van der Waals surface area contributed by atoms with Crippen molar-refractivity contribution < 1.29 is 4.79 Å². The number of nitriles is 1. The minimum Gasteiger partial charge on any atom is -0.338 e. The normalized spacial score (nSPS) is 13.7. The molecule has 0 aliphatic carbocycles. The fraction of sp³-hybridized carbons (Fsp3) is 0.333. The summed E-state index contributed by atoms with van der Waals surface area (Å²) in [4.78, 5) is 10.9. The molecule has 0 unspecified atom stereocenters. The summed E-state index contributed by atoms with van der Waals surface area (Å²) in [5.74, 6) is -0.185. The lowest BCUT2D eigenvalue weighted by Crippen LogP contribution is -2.45. The number of nitrogens with one attached hydrogen (secondary N) is 1. The van der Waals surface area contributed by atoms with Crippen LogP contribution >= 0.6 is 0 Å². The Kier molecular flexibility index (Phi) is 3.46. The van der Waals surface area contributed by atoms with Gasteiger partial charge in [0.05, 0.1) is 6.07 Å². The van der Waals surface area contributed by atoms with E-state index in [0.29, 0.717) is 6.42 Å². The van der Waals surface area contributed by atoms with Crippen molar-refractivity contribution in [3.05, 3.63) is 35.9 Å². The third-order valence-electron chi connectivity index (χ3n) is 2.10. The fourth-order valence-electron chi connectivity index (χ4n) is 1.50. The molecule has 0 saturated carbocycles. The Morgan fingerprint density at radius 3 is 2.53 bits per heavy atom. The second-order valence-corrected chi connectivity index (χ2v) is 3.79. The first kappa shape index (κ1) is 11.3. The molecule has 1 amide bonds. The van der Waals surface area contributed by atoms with Gasteiger partial charge in [0.15, 0.2) is 0 Å². The van der Waals surface area contributed by atoms with E-state index in [0.717, 1.165) is 5.56 Å². The van der Waals surface area contributed by atoms with E-state index in [-0.39, 0.29) is 5.91 Å². The molecule has 0 saturated heterocycles. The van der Waals surface area contributed by atoms with E-state index < -0.39 is 5.54 Å². The van der Waals surface area contributed by atoms with Crippen LogP contribution in [0.2, 0.25) is 0 Å². The van der Waals surface area contributed by atoms with Gasteiger partial charge in [-0.25, -0.2) is 0 Å². The largest absolute Gasteiger partial charge is 0.338 e. The van der Waals surface area contributed by atoms with Gasteiger partial charge >= 0.3 is 0 Å². The molecule has 1 N–H and O–H groups in total. The van der Waals surface area contributed by atoms with Crippen molar-refractivity contribution in [2.24, 2.45) is 0 Å². The van der Waals surface area contributed by atoms with Gasteiger partial charge in [-0.05, 0) is 12.5 Å². The smallest absolute Gasteiger partial charge is 0.218 e. The third kappa shape index (κ3) is 3.43. The Hall–Kier alpha value is -1.82. The van der Waals surface area contributed by atoms with Gasteiger partial charge in [-0.15, -0.1) is 0 Å². The summed E-state index contributed by atoms with van der Waals surface area (Å²) >= 11 is 0. The first-order valence-corrected chi connectivity index (χ1v) is 4.80. The lowest BCUT2D eigenvalue weighted by molar-refractivity contribution is -0.120. The SMILES string of the molecule is CC(=O)N[C@@](C)(C#N)Cc1ccccc1. The van der Waals surface area contributed by atoms with Gasteiger partial charge in [0.25, 0.3) is 0 Å².